The highest BCUT2D eigenvalue weighted by atomic mass is 19.2. The van der Waals surface area contributed by atoms with E-state index >= 15 is 0 Å². The van der Waals surface area contributed by atoms with Crippen molar-refractivity contribution in [2.75, 3.05) is 22.7 Å². The van der Waals surface area contributed by atoms with Crippen LogP contribution in [0.1, 0.15) is 24.5 Å². The van der Waals surface area contributed by atoms with Crippen LogP contribution >= 0.6 is 0 Å². The van der Waals surface area contributed by atoms with E-state index in [-0.39, 0.29) is 23.8 Å². The van der Waals surface area contributed by atoms with Gasteiger partial charge in [0.05, 0.1) is 5.69 Å². The molecule has 7 nitrogen and oxygen atoms in total. The summed E-state index contributed by atoms with van der Waals surface area (Å²) in [5, 5.41) is 11.2. The standard InChI is InChI=1S/C15H13F4N5O2/c16-7-3-8(17)13(19)14(12(7)18)24-23-10-4-9(6-1-2-6)21-15(22-10)20-5-11(25)26/h3-4,6,24H,1-2,5H2,(H,25,26)(H2,20,21,22,23). The first kappa shape index (κ1) is 17.7. The van der Waals surface area contributed by atoms with Crippen molar-refractivity contribution in [3.63, 3.8) is 0 Å². The highest BCUT2D eigenvalue weighted by Gasteiger charge is 2.26. The lowest BCUT2D eigenvalue weighted by atomic mass is 10.2. The molecule has 1 aromatic carbocycles. The van der Waals surface area contributed by atoms with Crippen LogP contribution < -0.4 is 16.2 Å². The van der Waals surface area contributed by atoms with Crippen molar-refractivity contribution >= 4 is 23.4 Å². The molecule has 0 aliphatic heterocycles. The van der Waals surface area contributed by atoms with Crippen LogP contribution in [0.3, 0.4) is 0 Å². The molecular weight excluding hydrogens is 358 g/mol. The molecule has 138 valence electrons. The lowest BCUT2D eigenvalue weighted by Gasteiger charge is -2.13. The van der Waals surface area contributed by atoms with Crippen molar-refractivity contribution < 1.29 is 27.5 Å². The summed E-state index contributed by atoms with van der Waals surface area (Å²) < 4.78 is 53.8. The van der Waals surface area contributed by atoms with Gasteiger partial charge in [0.1, 0.15) is 18.1 Å². The normalized spacial score (nSPS) is 13.4. The second-order valence-electron chi connectivity index (χ2n) is 5.62. The van der Waals surface area contributed by atoms with Gasteiger partial charge in [-0.3, -0.25) is 15.6 Å². The largest absolute Gasteiger partial charge is 0.480 e. The molecule has 1 aliphatic carbocycles. The fourth-order valence-corrected chi connectivity index (χ4v) is 2.16. The molecule has 0 atom stereocenters. The number of carboxylic acids is 1. The first-order valence-electron chi connectivity index (χ1n) is 7.55. The molecule has 2 aromatic rings. The minimum Gasteiger partial charge on any atom is -0.480 e. The van der Waals surface area contributed by atoms with Gasteiger partial charge in [-0.15, -0.1) is 0 Å². The number of benzene rings is 1. The summed E-state index contributed by atoms with van der Waals surface area (Å²) in [6, 6.07) is 1.59. The maximum Gasteiger partial charge on any atom is 0.322 e. The van der Waals surface area contributed by atoms with Gasteiger partial charge in [0.2, 0.25) is 5.95 Å². The van der Waals surface area contributed by atoms with Crippen LogP contribution in [0.5, 0.6) is 0 Å². The van der Waals surface area contributed by atoms with Crippen LogP contribution in [0, 0.1) is 23.3 Å². The Morgan fingerprint density at radius 1 is 1.08 bits per heavy atom. The fraction of sp³-hybridized carbons (Fsp3) is 0.267. The Balaban J connectivity index is 1.82. The number of nitrogens with zero attached hydrogens (tertiary/aromatic N) is 2. The summed E-state index contributed by atoms with van der Waals surface area (Å²) in [7, 11) is 0. The number of hydrogen-bond donors (Lipinski definition) is 4. The Morgan fingerprint density at radius 3 is 2.31 bits per heavy atom. The minimum atomic E-state index is -1.60. The van der Waals surface area contributed by atoms with Gasteiger partial charge in [0.15, 0.2) is 23.3 Å². The maximum absolute atomic E-state index is 13.7. The van der Waals surface area contributed by atoms with Gasteiger partial charge in [0, 0.05) is 18.1 Å². The van der Waals surface area contributed by atoms with Crippen molar-refractivity contribution in [2.45, 2.75) is 18.8 Å². The number of aromatic nitrogens is 2. The van der Waals surface area contributed by atoms with Crippen LogP contribution in [0.4, 0.5) is 35.0 Å². The number of carbonyl (C=O) groups is 1. The van der Waals surface area contributed by atoms with E-state index in [9.17, 15) is 22.4 Å². The zero-order chi connectivity index (χ0) is 18.8. The Labute approximate surface area is 144 Å². The number of nitrogens with one attached hydrogen (secondary N) is 3. The van der Waals surface area contributed by atoms with E-state index in [0.29, 0.717) is 5.69 Å². The maximum atomic E-state index is 13.7. The summed E-state index contributed by atoms with van der Waals surface area (Å²) >= 11 is 0. The third-order valence-corrected chi connectivity index (χ3v) is 3.57. The number of anilines is 3. The quantitative estimate of drug-likeness (QED) is 0.337. The summed E-state index contributed by atoms with van der Waals surface area (Å²) in [5.74, 6) is -7.24. The zero-order valence-electron chi connectivity index (χ0n) is 13.1. The van der Waals surface area contributed by atoms with Gasteiger partial charge < -0.3 is 10.4 Å². The van der Waals surface area contributed by atoms with Crippen molar-refractivity contribution in [3.8, 4) is 0 Å². The minimum absolute atomic E-state index is 0.00698. The summed E-state index contributed by atoms with van der Waals surface area (Å²) in [6.07, 6.45) is 1.78. The van der Waals surface area contributed by atoms with Gasteiger partial charge in [0.25, 0.3) is 0 Å². The smallest absolute Gasteiger partial charge is 0.322 e. The first-order valence-corrected chi connectivity index (χ1v) is 7.55. The number of hydrogen-bond acceptors (Lipinski definition) is 6. The molecule has 0 spiro atoms. The van der Waals surface area contributed by atoms with Crippen LogP contribution in [0.25, 0.3) is 0 Å². The molecule has 1 saturated carbocycles. The Morgan fingerprint density at radius 2 is 1.73 bits per heavy atom. The zero-order valence-corrected chi connectivity index (χ0v) is 13.1. The molecule has 0 saturated heterocycles. The van der Waals surface area contributed by atoms with Gasteiger partial charge in [-0.05, 0) is 12.8 Å². The second kappa shape index (κ2) is 7.02. The van der Waals surface area contributed by atoms with Gasteiger partial charge in [-0.25, -0.2) is 22.5 Å². The van der Waals surface area contributed by atoms with E-state index in [0.717, 1.165) is 12.8 Å². The van der Waals surface area contributed by atoms with Gasteiger partial charge >= 0.3 is 5.97 Å². The number of halogens is 4. The van der Waals surface area contributed by atoms with E-state index in [2.05, 4.69) is 20.7 Å². The molecule has 1 fully saturated rings. The molecule has 4 N–H and O–H groups in total. The van der Waals surface area contributed by atoms with Crippen LogP contribution in [-0.2, 0) is 4.79 Å². The van der Waals surface area contributed by atoms with E-state index in [1.807, 2.05) is 5.43 Å². The number of rotatable bonds is 7. The summed E-state index contributed by atoms with van der Waals surface area (Å²) in [6.45, 7) is -0.431. The van der Waals surface area contributed by atoms with Crippen LogP contribution in [-0.4, -0.2) is 27.6 Å². The Bertz CT molecular complexity index is 834. The second-order valence-corrected chi connectivity index (χ2v) is 5.62. The Kier molecular flexibility index (Phi) is 4.78. The van der Waals surface area contributed by atoms with E-state index < -0.39 is 41.5 Å². The SMILES string of the molecule is O=C(O)CNc1nc(NNc2c(F)c(F)cc(F)c2F)cc(C2CC2)n1. The van der Waals surface area contributed by atoms with Crippen molar-refractivity contribution in [2.24, 2.45) is 0 Å². The first-order chi connectivity index (χ1) is 12.3. The molecule has 1 aromatic heterocycles. The molecule has 0 radical (unpaired) electrons. The molecule has 0 amide bonds. The van der Waals surface area contributed by atoms with Gasteiger partial charge in [-0.2, -0.15) is 4.98 Å². The third-order valence-electron chi connectivity index (χ3n) is 3.57. The molecule has 1 heterocycles. The van der Waals surface area contributed by atoms with E-state index in [1.165, 1.54) is 6.07 Å². The Hall–Kier alpha value is -3.11. The predicted octanol–water partition coefficient (Wildman–Crippen LogP) is 2.85. The number of hydrazine groups is 1. The average molecular weight is 371 g/mol. The van der Waals surface area contributed by atoms with Crippen molar-refractivity contribution in [3.05, 3.63) is 41.1 Å². The van der Waals surface area contributed by atoms with Crippen molar-refractivity contribution in [1.29, 1.82) is 0 Å². The molecule has 26 heavy (non-hydrogen) atoms. The molecule has 11 heteroatoms. The number of carboxylic acid groups (broad SMARTS) is 1. The topological polar surface area (TPSA) is 99.2 Å². The highest BCUT2D eigenvalue weighted by Crippen LogP contribution is 2.39. The lowest BCUT2D eigenvalue weighted by molar-refractivity contribution is -0.134. The number of aliphatic carboxylic acids is 1. The summed E-state index contributed by atoms with van der Waals surface area (Å²) in [5.41, 5.74) is 3.94. The molecule has 1 aliphatic rings. The average Bonchev–Trinajstić information content (AvgIpc) is 3.43. The molecule has 0 bridgehead atoms. The van der Waals surface area contributed by atoms with E-state index in [1.54, 1.807) is 0 Å². The van der Waals surface area contributed by atoms with Crippen molar-refractivity contribution in [1.82, 2.24) is 9.97 Å². The monoisotopic (exact) mass is 371 g/mol. The van der Waals surface area contributed by atoms with Crippen LogP contribution in [0.2, 0.25) is 0 Å². The predicted molar refractivity (Wildman–Crippen MR) is 83.7 cm³/mol. The van der Waals surface area contributed by atoms with Crippen LogP contribution in [0.15, 0.2) is 12.1 Å². The summed E-state index contributed by atoms with van der Waals surface area (Å²) in [4.78, 5) is 18.7. The molecule has 3 rings (SSSR count). The van der Waals surface area contributed by atoms with Gasteiger partial charge in [-0.1, -0.05) is 0 Å². The highest BCUT2D eigenvalue weighted by molar-refractivity contribution is 5.72. The lowest BCUT2D eigenvalue weighted by Crippen LogP contribution is -2.18. The third kappa shape index (κ3) is 3.92. The van der Waals surface area contributed by atoms with E-state index in [4.69, 9.17) is 5.11 Å². The molecule has 0 unspecified atom stereocenters. The molecular formula is C15H13F4N5O2. The fourth-order valence-electron chi connectivity index (χ4n) is 2.16.